The van der Waals surface area contributed by atoms with E-state index in [-0.39, 0.29) is 17.5 Å². The Morgan fingerprint density at radius 2 is 1.51 bits per heavy atom. The fourth-order valence-electron chi connectivity index (χ4n) is 5.08. The van der Waals surface area contributed by atoms with Crippen molar-refractivity contribution in [3.63, 3.8) is 0 Å². The fraction of sp³-hybridized carbons (Fsp3) is 0.382. The summed E-state index contributed by atoms with van der Waals surface area (Å²) in [6, 6.07) is 19.8. The van der Waals surface area contributed by atoms with Gasteiger partial charge in [0, 0.05) is 17.3 Å². The lowest BCUT2D eigenvalue weighted by atomic mass is 9.88. The number of para-hydroxylation sites is 1. The monoisotopic (exact) mass is 493 g/mol. The molecule has 0 fully saturated rings. The van der Waals surface area contributed by atoms with Gasteiger partial charge in [-0.25, -0.2) is 0 Å². The summed E-state index contributed by atoms with van der Waals surface area (Å²) in [7, 11) is 0. The van der Waals surface area contributed by atoms with Crippen LogP contribution in [0.1, 0.15) is 101 Å². The normalized spacial score (nSPS) is 15.5. The molecule has 1 heterocycles. The zero-order valence-electron chi connectivity index (χ0n) is 23.6. The second-order valence-corrected chi connectivity index (χ2v) is 11.8. The van der Waals surface area contributed by atoms with Crippen LogP contribution in [0.15, 0.2) is 96.7 Å². The number of rotatable bonds is 8. The highest BCUT2D eigenvalue weighted by Gasteiger charge is 2.31. The van der Waals surface area contributed by atoms with Gasteiger partial charge in [0.2, 0.25) is 0 Å². The number of anilines is 1. The van der Waals surface area contributed by atoms with Crippen molar-refractivity contribution in [3.05, 3.63) is 119 Å². The number of benzene rings is 2. The van der Waals surface area contributed by atoms with Crippen molar-refractivity contribution in [2.75, 3.05) is 5.32 Å². The molecule has 1 aromatic heterocycles. The third-order valence-electron chi connectivity index (χ3n) is 7.18. The van der Waals surface area contributed by atoms with E-state index in [1.165, 1.54) is 28.0 Å². The number of hydrogen-bond acceptors (Lipinski definition) is 2. The number of nitrogens with zero attached hydrogens (tertiary/aromatic N) is 2. The smallest absolute Gasteiger partial charge is 0.101 e. The van der Waals surface area contributed by atoms with Gasteiger partial charge in [0.25, 0.3) is 0 Å². The Hall–Kier alpha value is -3.33. The highest BCUT2D eigenvalue weighted by Crippen LogP contribution is 2.41. The molecule has 2 aromatic carbocycles. The molecule has 194 valence electrons. The lowest BCUT2D eigenvalue weighted by molar-refractivity contribution is 0.445. The molecule has 3 nitrogen and oxygen atoms in total. The molecule has 0 saturated carbocycles. The van der Waals surface area contributed by atoms with Crippen LogP contribution in [0.4, 0.5) is 5.69 Å². The topological polar surface area (TPSA) is 29.9 Å². The molecule has 0 bridgehead atoms. The molecule has 0 spiro atoms. The minimum absolute atomic E-state index is 0.0136. The molecule has 0 saturated heterocycles. The molecular weight excluding hydrogens is 450 g/mol. The third kappa shape index (κ3) is 6.15. The van der Waals surface area contributed by atoms with Gasteiger partial charge in [-0.3, -0.25) is 4.68 Å². The van der Waals surface area contributed by atoms with E-state index in [1.54, 1.807) is 0 Å². The summed E-state index contributed by atoms with van der Waals surface area (Å²) in [6.07, 6.45) is 14.2. The van der Waals surface area contributed by atoms with Gasteiger partial charge in [-0.15, -0.1) is 0 Å². The van der Waals surface area contributed by atoms with Crippen LogP contribution in [-0.2, 0) is 5.41 Å². The molecule has 3 heteroatoms. The van der Waals surface area contributed by atoms with Crippen molar-refractivity contribution < 1.29 is 0 Å². The molecule has 2 atom stereocenters. The Bertz CT molecular complexity index is 1240. The Balaban J connectivity index is 1.93. The van der Waals surface area contributed by atoms with Crippen molar-refractivity contribution in [1.29, 1.82) is 0 Å². The van der Waals surface area contributed by atoms with Crippen molar-refractivity contribution in [2.45, 2.75) is 84.2 Å². The molecule has 0 radical (unpaired) electrons. The Kier molecular flexibility index (Phi) is 8.22. The van der Waals surface area contributed by atoms with E-state index in [2.05, 4.69) is 150 Å². The summed E-state index contributed by atoms with van der Waals surface area (Å²) < 4.78 is 2.18. The van der Waals surface area contributed by atoms with Crippen LogP contribution in [0.3, 0.4) is 0 Å². The molecule has 2 unspecified atom stereocenters. The second-order valence-electron chi connectivity index (χ2n) is 11.8. The summed E-state index contributed by atoms with van der Waals surface area (Å²) in [6.45, 7) is 15.8. The third-order valence-corrected chi connectivity index (χ3v) is 7.18. The number of aromatic nitrogens is 2. The van der Waals surface area contributed by atoms with Crippen LogP contribution in [0.25, 0.3) is 0 Å². The molecule has 4 rings (SSSR count). The molecule has 1 aliphatic rings. The first-order chi connectivity index (χ1) is 17.7. The zero-order chi connectivity index (χ0) is 26.6. The van der Waals surface area contributed by atoms with E-state index >= 15 is 0 Å². The quantitative estimate of drug-likeness (QED) is 0.339. The van der Waals surface area contributed by atoms with E-state index in [0.717, 1.165) is 12.1 Å². The Morgan fingerprint density at radius 1 is 0.838 bits per heavy atom. The second kappa shape index (κ2) is 11.4. The van der Waals surface area contributed by atoms with Gasteiger partial charge >= 0.3 is 0 Å². The highest BCUT2D eigenvalue weighted by atomic mass is 15.3. The van der Waals surface area contributed by atoms with Crippen LogP contribution in [0.2, 0.25) is 0 Å². The van der Waals surface area contributed by atoms with E-state index in [4.69, 9.17) is 5.10 Å². The summed E-state index contributed by atoms with van der Waals surface area (Å²) >= 11 is 0. The SMILES string of the molecule is CC(C)c1cccc(C(C)C)c1NC(c1ccccc1)C(C1=CCC=CC=C1)n1ccc(C(C)(C)C)n1. The Morgan fingerprint density at radius 3 is 2.11 bits per heavy atom. The van der Waals surface area contributed by atoms with Crippen LogP contribution < -0.4 is 5.32 Å². The average Bonchev–Trinajstić information content (AvgIpc) is 3.21. The van der Waals surface area contributed by atoms with Gasteiger partial charge in [-0.1, -0.05) is 127 Å². The molecule has 37 heavy (non-hydrogen) atoms. The van der Waals surface area contributed by atoms with Gasteiger partial charge in [-0.2, -0.15) is 5.10 Å². The maximum absolute atomic E-state index is 5.17. The first-order valence-corrected chi connectivity index (χ1v) is 13.7. The number of hydrogen-bond donors (Lipinski definition) is 1. The minimum Gasteiger partial charge on any atom is -0.375 e. The van der Waals surface area contributed by atoms with Crippen LogP contribution in [-0.4, -0.2) is 9.78 Å². The van der Waals surface area contributed by atoms with E-state index in [9.17, 15) is 0 Å². The molecule has 1 N–H and O–H groups in total. The molecular formula is C34H43N3. The maximum Gasteiger partial charge on any atom is 0.101 e. The first kappa shape index (κ1) is 26.7. The fourth-order valence-corrected chi connectivity index (χ4v) is 5.08. The van der Waals surface area contributed by atoms with Crippen LogP contribution in [0, 0.1) is 0 Å². The lowest BCUT2D eigenvalue weighted by Crippen LogP contribution is -2.28. The lowest BCUT2D eigenvalue weighted by Gasteiger charge is -2.33. The summed E-state index contributed by atoms with van der Waals surface area (Å²) in [5, 5.41) is 9.28. The summed E-state index contributed by atoms with van der Waals surface area (Å²) in [4.78, 5) is 0. The van der Waals surface area contributed by atoms with E-state index in [1.807, 2.05) is 0 Å². The maximum atomic E-state index is 5.17. The number of allylic oxidation sites excluding steroid dienone is 5. The average molecular weight is 494 g/mol. The van der Waals surface area contributed by atoms with E-state index in [0.29, 0.717) is 11.8 Å². The van der Waals surface area contributed by atoms with Gasteiger partial charge in [0.05, 0.1) is 11.7 Å². The minimum atomic E-state index is -0.0186. The molecule has 0 aliphatic heterocycles. The summed E-state index contributed by atoms with van der Waals surface area (Å²) in [5.41, 5.74) is 7.57. The molecule has 0 amide bonds. The van der Waals surface area contributed by atoms with Gasteiger partial charge in [-0.05, 0) is 46.6 Å². The standard InChI is InChI=1S/C34H43N3/c1-24(2)28-20-15-21-29(25(3)4)32(28)35-31(26-16-13-10-14-17-26)33(27-18-11-8-9-12-19-27)37-23-22-30(36-37)34(5,6)7/h8-11,13-25,31,33,35H,12H2,1-7H3. The van der Waals surface area contributed by atoms with Crippen LogP contribution >= 0.6 is 0 Å². The number of nitrogens with one attached hydrogen (secondary N) is 1. The zero-order valence-corrected chi connectivity index (χ0v) is 23.6. The van der Waals surface area contributed by atoms with Gasteiger partial charge < -0.3 is 5.32 Å². The predicted molar refractivity (Wildman–Crippen MR) is 158 cm³/mol. The predicted octanol–water partition coefficient (Wildman–Crippen LogP) is 9.26. The van der Waals surface area contributed by atoms with Crippen molar-refractivity contribution in [1.82, 2.24) is 9.78 Å². The Labute approximate surface area is 224 Å². The highest BCUT2D eigenvalue weighted by molar-refractivity contribution is 5.62. The van der Waals surface area contributed by atoms with Gasteiger partial charge in [0.1, 0.15) is 6.04 Å². The van der Waals surface area contributed by atoms with Crippen molar-refractivity contribution >= 4 is 5.69 Å². The van der Waals surface area contributed by atoms with Crippen molar-refractivity contribution in [3.8, 4) is 0 Å². The first-order valence-electron chi connectivity index (χ1n) is 13.7. The van der Waals surface area contributed by atoms with E-state index < -0.39 is 0 Å². The van der Waals surface area contributed by atoms with Gasteiger partial charge in [0.15, 0.2) is 0 Å². The van der Waals surface area contributed by atoms with Crippen molar-refractivity contribution in [2.24, 2.45) is 0 Å². The largest absolute Gasteiger partial charge is 0.375 e. The summed E-state index contributed by atoms with van der Waals surface area (Å²) in [5.74, 6) is 0.823. The molecule has 3 aromatic rings. The van der Waals surface area contributed by atoms with Crippen LogP contribution in [0.5, 0.6) is 0 Å². The molecule has 1 aliphatic carbocycles.